The normalized spacial score (nSPS) is 12.7. The lowest BCUT2D eigenvalue weighted by atomic mass is 10.0. The molecule has 0 spiro atoms. The van der Waals surface area contributed by atoms with Crippen LogP contribution in [0.4, 0.5) is 0 Å². The molecule has 0 aromatic heterocycles. The molecule has 0 fully saturated rings. The summed E-state index contributed by atoms with van der Waals surface area (Å²) in [5, 5.41) is 23.1. The van der Waals surface area contributed by atoms with Gasteiger partial charge < -0.3 is 20.3 Å². The lowest BCUT2D eigenvalue weighted by Gasteiger charge is -2.20. The minimum atomic E-state index is -0.846. The van der Waals surface area contributed by atoms with Crippen LogP contribution in [0.5, 0.6) is 0 Å². The zero-order valence-corrected chi connectivity index (χ0v) is 43.7. The Balaban J connectivity index is 3.42. The Bertz CT molecular complexity index is 1010. The van der Waals surface area contributed by atoms with E-state index in [0.29, 0.717) is 19.4 Å². The van der Waals surface area contributed by atoms with Gasteiger partial charge in [0.25, 0.3) is 0 Å². The number of aliphatic hydroxyl groups excluding tert-OH is 2. The van der Waals surface area contributed by atoms with Crippen molar-refractivity contribution in [3.8, 4) is 0 Å². The molecule has 0 rings (SSSR count). The molecular weight excluding hydrogens is 803 g/mol. The third kappa shape index (κ3) is 51.6. The number of ether oxygens (including phenoxy) is 1. The van der Waals surface area contributed by atoms with Crippen LogP contribution in [0.1, 0.15) is 316 Å². The van der Waals surface area contributed by atoms with Crippen molar-refractivity contribution in [2.45, 2.75) is 328 Å². The van der Waals surface area contributed by atoms with E-state index >= 15 is 0 Å². The van der Waals surface area contributed by atoms with Crippen molar-refractivity contribution in [2.24, 2.45) is 0 Å². The van der Waals surface area contributed by atoms with Gasteiger partial charge in [-0.1, -0.05) is 269 Å². The predicted molar refractivity (Wildman–Crippen MR) is 283 cm³/mol. The molecule has 0 radical (unpaired) electrons. The van der Waals surface area contributed by atoms with Crippen molar-refractivity contribution in [1.82, 2.24) is 5.32 Å². The second-order valence-electron chi connectivity index (χ2n) is 20.0. The van der Waals surface area contributed by atoms with Gasteiger partial charge in [-0.3, -0.25) is 9.59 Å². The first-order valence-corrected chi connectivity index (χ1v) is 29.1. The number of amides is 1. The van der Waals surface area contributed by atoms with E-state index in [1.54, 1.807) is 6.08 Å². The maximum Gasteiger partial charge on any atom is 0.305 e. The molecule has 6 heteroatoms. The minimum absolute atomic E-state index is 0.000759. The van der Waals surface area contributed by atoms with Crippen LogP contribution in [0, 0.1) is 0 Å². The van der Waals surface area contributed by atoms with Gasteiger partial charge in [0.15, 0.2) is 0 Å². The van der Waals surface area contributed by atoms with Crippen LogP contribution in [0.25, 0.3) is 0 Å². The first-order chi connectivity index (χ1) is 32.0. The van der Waals surface area contributed by atoms with Gasteiger partial charge in [0.1, 0.15) is 0 Å². The molecule has 384 valence electrons. The number of hydrogen-bond acceptors (Lipinski definition) is 5. The number of aliphatic hydroxyl groups is 2. The third-order valence-electron chi connectivity index (χ3n) is 13.5. The molecule has 2 atom stereocenters. The number of unbranched alkanes of at least 4 members (excludes halogenated alkanes) is 41. The van der Waals surface area contributed by atoms with Crippen molar-refractivity contribution in [2.75, 3.05) is 13.2 Å². The maximum absolute atomic E-state index is 12.4. The van der Waals surface area contributed by atoms with E-state index in [1.807, 2.05) is 6.08 Å². The van der Waals surface area contributed by atoms with Gasteiger partial charge in [0.05, 0.1) is 25.4 Å². The quantitative estimate of drug-likeness (QED) is 0.0321. The van der Waals surface area contributed by atoms with Crippen LogP contribution in [-0.2, 0) is 14.3 Å². The Morgan fingerprint density at radius 3 is 1.09 bits per heavy atom. The molecule has 3 N–H and O–H groups in total. The minimum Gasteiger partial charge on any atom is -0.466 e. The second-order valence-corrected chi connectivity index (χ2v) is 20.0. The molecule has 0 saturated carbocycles. The summed E-state index contributed by atoms with van der Waals surface area (Å²) in [6.07, 6.45) is 66.2. The van der Waals surface area contributed by atoms with Gasteiger partial charge in [0.2, 0.25) is 5.91 Å². The second kappa shape index (κ2) is 54.9. The Labute approximate surface area is 405 Å². The summed E-state index contributed by atoms with van der Waals surface area (Å²) in [7, 11) is 0. The fourth-order valence-electron chi connectivity index (χ4n) is 8.98. The van der Waals surface area contributed by atoms with Crippen molar-refractivity contribution in [1.29, 1.82) is 0 Å². The van der Waals surface area contributed by atoms with Crippen molar-refractivity contribution >= 4 is 11.9 Å². The van der Waals surface area contributed by atoms with Gasteiger partial charge >= 0.3 is 5.97 Å². The highest BCUT2D eigenvalue weighted by Gasteiger charge is 2.18. The largest absolute Gasteiger partial charge is 0.466 e. The SMILES string of the molecule is CCCCCCCCC/C=C\CCCCCCCC(=O)OCCCCCCCCCCCCCCCCCCCCC(=O)NC(CO)C(O)/C=C/CCCCCCCCCCCCCC. The van der Waals surface area contributed by atoms with Gasteiger partial charge in [0, 0.05) is 12.8 Å². The maximum atomic E-state index is 12.4. The lowest BCUT2D eigenvalue weighted by molar-refractivity contribution is -0.143. The summed E-state index contributed by atoms with van der Waals surface area (Å²) >= 11 is 0. The van der Waals surface area contributed by atoms with E-state index in [1.165, 1.54) is 244 Å². The van der Waals surface area contributed by atoms with Gasteiger partial charge in [-0.05, 0) is 57.8 Å². The van der Waals surface area contributed by atoms with Gasteiger partial charge in [-0.25, -0.2) is 0 Å². The summed E-state index contributed by atoms with van der Waals surface area (Å²) in [4.78, 5) is 24.5. The molecule has 0 aliphatic carbocycles. The molecular formula is C59H113NO5. The third-order valence-corrected chi connectivity index (χ3v) is 13.5. The average Bonchev–Trinajstić information content (AvgIpc) is 3.31. The Morgan fingerprint density at radius 2 is 0.723 bits per heavy atom. The van der Waals surface area contributed by atoms with E-state index in [0.717, 1.165) is 44.9 Å². The highest BCUT2D eigenvalue weighted by molar-refractivity contribution is 5.76. The number of carbonyl (C=O) groups is 2. The molecule has 0 aliphatic rings. The van der Waals surface area contributed by atoms with Crippen LogP contribution in [0.2, 0.25) is 0 Å². The van der Waals surface area contributed by atoms with Crippen LogP contribution < -0.4 is 5.32 Å². The number of rotatable bonds is 54. The van der Waals surface area contributed by atoms with Crippen molar-refractivity contribution in [3.63, 3.8) is 0 Å². The monoisotopic (exact) mass is 916 g/mol. The fraction of sp³-hybridized carbons (Fsp3) is 0.898. The van der Waals surface area contributed by atoms with E-state index < -0.39 is 12.1 Å². The lowest BCUT2D eigenvalue weighted by Crippen LogP contribution is -2.45. The number of allylic oxidation sites excluding steroid dienone is 3. The topological polar surface area (TPSA) is 95.9 Å². The van der Waals surface area contributed by atoms with Gasteiger partial charge in [-0.15, -0.1) is 0 Å². The average molecular weight is 917 g/mol. The number of carbonyl (C=O) groups excluding carboxylic acids is 2. The Morgan fingerprint density at radius 1 is 0.415 bits per heavy atom. The van der Waals surface area contributed by atoms with E-state index in [4.69, 9.17) is 4.74 Å². The van der Waals surface area contributed by atoms with Crippen LogP contribution in [-0.4, -0.2) is 47.4 Å². The number of esters is 1. The summed E-state index contributed by atoms with van der Waals surface area (Å²) in [5.74, 6) is -0.0721. The fourth-order valence-corrected chi connectivity index (χ4v) is 8.98. The van der Waals surface area contributed by atoms with E-state index in [2.05, 4.69) is 31.3 Å². The summed E-state index contributed by atoms with van der Waals surface area (Å²) in [5.41, 5.74) is 0. The first-order valence-electron chi connectivity index (χ1n) is 29.1. The van der Waals surface area contributed by atoms with Crippen LogP contribution in [0.3, 0.4) is 0 Å². The highest BCUT2D eigenvalue weighted by Crippen LogP contribution is 2.17. The van der Waals surface area contributed by atoms with Crippen LogP contribution >= 0.6 is 0 Å². The predicted octanol–water partition coefficient (Wildman–Crippen LogP) is 17.9. The van der Waals surface area contributed by atoms with Crippen LogP contribution in [0.15, 0.2) is 24.3 Å². The summed E-state index contributed by atoms with van der Waals surface area (Å²) < 4.78 is 5.48. The Kier molecular flexibility index (Phi) is 53.5. The zero-order chi connectivity index (χ0) is 47.2. The van der Waals surface area contributed by atoms with Gasteiger partial charge in [-0.2, -0.15) is 0 Å². The molecule has 0 aromatic carbocycles. The van der Waals surface area contributed by atoms with E-state index in [9.17, 15) is 19.8 Å². The van der Waals surface area contributed by atoms with Crippen molar-refractivity contribution in [3.05, 3.63) is 24.3 Å². The molecule has 0 heterocycles. The first kappa shape index (κ1) is 63.3. The standard InChI is InChI=1S/C59H113NO5/c1-3-5-7-9-11-13-15-17-19-25-29-33-37-41-45-49-53-59(64)65-54-50-46-42-38-34-30-26-23-21-20-22-24-28-32-36-40-44-48-52-58(63)60-56(55-61)57(62)51-47-43-39-35-31-27-18-16-14-12-10-8-6-4-2/h19,25,47,51,56-57,61-62H,3-18,20-24,26-46,48-50,52-55H2,1-2H3,(H,60,63)/b25-19-,51-47+. The Hall–Kier alpha value is -1.66. The number of nitrogens with one attached hydrogen (secondary N) is 1. The molecule has 1 amide bonds. The molecule has 0 aliphatic heterocycles. The van der Waals surface area contributed by atoms with Crippen molar-refractivity contribution < 1.29 is 24.5 Å². The summed E-state index contributed by atoms with van der Waals surface area (Å²) in [6, 6.07) is -0.630. The number of hydrogen-bond donors (Lipinski definition) is 3. The zero-order valence-electron chi connectivity index (χ0n) is 43.7. The highest BCUT2D eigenvalue weighted by atomic mass is 16.5. The molecule has 0 aromatic rings. The molecule has 0 bridgehead atoms. The molecule has 0 saturated heterocycles. The smallest absolute Gasteiger partial charge is 0.305 e. The molecule has 6 nitrogen and oxygen atoms in total. The molecule has 2 unspecified atom stereocenters. The molecule has 65 heavy (non-hydrogen) atoms. The summed E-state index contributed by atoms with van der Waals surface area (Å²) in [6.45, 7) is 4.90. The van der Waals surface area contributed by atoms with E-state index in [-0.39, 0.29) is 18.5 Å².